The van der Waals surface area contributed by atoms with Crippen LogP contribution in [0.25, 0.3) is 0 Å². The molecule has 0 fully saturated rings. The van der Waals surface area contributed by atoms with E-state index in [-0.39, 0.29) is 23.8 Å². The summed E-state index contributed by atoms with van der Waals surface area (Å²) >= 11 is 0. The van der Waals surface area contributed by atoms with Crippen LogP contribution in [0, 0.1) is 11.3 Å². The summed E-state index contributed by atoms with van der Waals surface area (Å²) in [4.78, 5) is 0. The number of aliphatic hydroxyl groups excluding tert-OH is 3. The van der Waals surface area contributed by atoms with Crippen LogP contribution in [-0.4, -0.2) is 39.7 Å². The van der Waals surface area contributed by atoms with Crippen LogP contribution >= 0.6 is 0 Å². The van der Waals surface area contributed by atoms with E-state index in [1.165, 1.54) is 0 Å². The Hall–Kier alpha value is -0.160. The molecule has 0 aromatic carbocycles. The highest BCUT2D eigenvalue weighted by Gasteiger charge is 2.22. The molecule has 4 atom stereocenters. The second kappa shape index (κ2) is 8.20. The summed E-state index contributed by atoms with van der Waals surface area (Å²) in [5.74, 6) is 0.120. The fraction of sp³-hybridized carbons (Fsp3) is 1.00. The molecule has 0 radical (unpaired) electrons. The summed E-state index contributed by atoms with van der Waals surface area (Å²) in [6.45, 7) is 10.2. The number of rotatable bonds is 8. The van der Waals surface area contributed by atoms with Crippen molar-refractivity contribution in [1.82, 2.24) is 0 Å². The van der Waals surface area contributed by atoms with Crippen LogP contribution in [0.2, 0.25) is 0 Å². The van der Waals surface area contributed by atoms with Gasteiger partial charge in [-0.1, -0.05) is 34.6 Å². The smallest absolute Gasteiger partial charge is 0.0589 e. The molecule has 0 aliphatic carbocycles. The monoisotopic (exact) mass is 275 g/mol. The van der Waals surface area contributed by atoms with Gasteiger partial charge in [0, 0.05) is 6.04 Å². The molecule has 0 spiro atoms. The molecule has 4 heteroatoms. The Morgan fingerprint density at radius 1 is 0.895 bits per heavy atom. The minimum atomic E-state index is -0.672. The van der Waals surface area contributed by atoms with Crippen LogP contribution in [0.4, 0.5) is 0 Å². The van der Waals surface area contributed by atoms with Crippen molar-refractivity contribution in [2.24, 2.45) is 17.1 Å². The second-order valence-corrected chi connectivity index (χ2v) is 7.35. The molecule has 0 heterocycles. The van der Waals surface area contributed by atoms with E-state index in [1.807, 2.05) is 13.8 Å². The van der Waals surface area contributed by atoms with Gasteiger partial charge in [-0.25, -0.2) is 0 Å². The van der Waals surface area contributed by atoms with E-state index in [4.69, 9.17) is 5.73 Å². The SMILES string of the molecule is CC(C)C(O)CC(O)CC(O)CC(N)CC(C)(C)C. The number of hydrogen-bond acceptors (Lipinski definition) is 4. The molecule has 0 amide bonds. The first-order valence-electron chi connectivity index (χ1n) is 7.31. The Bertz CT molecular complexity index is 238. The average Bonchev–Trinajstić information content (AvgIpc) is 2.12. The minimum absolute atomic E-state index is 0.0581. The van der Waals surface area contributed by atoms with Crippen molar-refractivity contribution in [2.75, 3.05) is 0 Å². The van der Waals surface area contributed by atoms with Crippen LogP contribution in [0.15, 0.2) is 0 Å². The van der Waals surface area contributed by atoms with E-state index >= 15 is 0 Å². The third kappa shape index (κ3) is 10.3. The van der Waals surface area contributed by atoms with Gasteiger partial charge in [-0.2, -0.15) is 0 Å². The molecule has 0 aromatic rings. The van der Waals surface area contributed by atoms with E-state index in [2.05, 4.69) is 20.8 Å². The summed E-state index contributed by atoms with van der Waals surface area (Å²) in [5.41, 5.74) is 6.14. The van der Waals surface area contributed by atoms with Crippen LogP contribution in [0.3, 0.4) is 0 Å². The molecule has 0 rings (SSSR count). The first-order valence-corrected chi connectivity index (χ1v) is 7.31. The molecule has 4 unspecified atom stereocenters. The molecule has 0 aliphatic heterocycles. The molecule has 0 saturated heterocycles. The Morgan fingerprint density at radius 2 is 1.37 bits per heavy atom. The van der Waals surface area contributed by atoms with Gasteiger partial charge in [-0.3, -0.25) is 0 Å². The normalized spacial score (nSPS) is 19.3. The van der Waals surface area contributed by atoms with Gasteiger partial charge in [0.05, 0.1) is 18.3 Å². The highest BCUT2D eigenvalue weighted by molar-refractivity contribution is 4.77. The molecule has 0 aliphatic rings. The van der Waals surface area contributed by atoms with Crippen molar-refractivity contribution >= 4 is 0 Å². The lowest BCUT2D eigenvalue weighted by Crippen LogP contribution is -2.33. The van der Waals surface area contributed by atoms with E-state index < -0.39 is 18.3 Å². The lowest BCUT2D eigenvalue weighted by atomic mass is 9.86. The number of nitrogens with two attached hydrogens (primary N) is 1. The quantitative estimate of drug-likeness (QED) is 0.542. The maximum atomic E-state index is 9.92. The van der Waals surface area contributed by atoms with E-state index in [0.717, 1.165) is 6.42 Å². The molecule has 4 nitrogen and oxygen atoms in total. The topological polar surface area (TPSA) is 86.7 Å². The van der Waals surface area contributed by atoms with Crippen LogP contribution in [0.1, 0.15) is 60.3 Å². The second-order valence-electron chi connectivity index (χ2n) is 7.35. The zero-order valence-electron chi connectivity index (χ0n) is 13.1. The summed E-state index contributed by atoms with van der Waals surface area (Å²) in [6.07, 6.45) is 0.123. The molecule has 0 saturated carbocycles. The van der Waals surface area contributed by atoms with E-state index in [0.29, 0.717) is 12.8 Å². The summed E-state index contributed by atoms with van der Waals surface area (Å²) in [6, 6.07) is -0.0581. The molecule has 19 heavy (non-hydrogen) atoms. The number of hydrogen-bond donors (Lipinski definition) is 4. The summed E-state index contributed by atoms with van der Waals surface area (Å²) < 4.78 is 0. The van der Waals surface area contributed by atoms with Crippen molar-refractivity contribution < 1.29 is 15.3 Å². The molecular formula is C15H33NO3. The molecule has 5 N–H and O–H groups in total. The van der Waals surface area contributed by atoms with Crippen LogP contribution in [0.5, 0.6) is 0 Å². The Balaban J connectivity index is 3.99. The van der Waals surface area contributed by atoms with Gasteiger partial charge in [0.2, 0.25) is 0 Å². The Morgan fingerprint density at radius 3 is 1.79 bits per heavy atom. The van der Waals surface area contributed by atoms with Gasteiger partial charge >= 0.3 is 0 Å². The average molecular weight is 275 g/mol. The maximum Gasteiger partial charge on any atom is 0.0589 e. The summed E-state index contributed by atoms with van der Waals surface area (Å²) in [7, 11) is 0. The van der Waals surface area contributed by atoms with Crippen molar-refractivity contribution in [3.63, 3.8) is 0 Å². The molecule has 0 bridgehead atoms. The van der Waals surface area contributed by atoms with Gasteiger partial charge in [0.1, 0.15) is 0 Å². The van der Waals surface area contributed by atoms with Gasteiger partial charge in [0.25, 0.3) is 0 Å². The minimum Gasteiger partial charge on any atom is -0.393 e. The first kappa shape index (κ1) is 18.8. The van der Waals surface area contributed by atoms with Crippen molar-refractivity contribution in [2.45, 2.75) is 84.7 Å². The number of aliphatic hydroxyl groups is 3. The van der Waals surface area contributed by atoms with Crippen molar-refractivity contribution in [3.8, 4) is 0 Å². The molecular weight excluding hydrogens is 242 g/mol. The Labute approximate surface area is 118 Å². The predicted molar refractivity (Wildman–Crippen MR) is 78.8 cm³/mol. The van der Waals surface area contributed by atoms with Gasteiger partial charge in [-0.05, 0) is 37.0 Å². The molecule has 0 aromatic heterocycles. The zero-order valence-corrected chi connectivity index (χ0v) is 13.1. The third-order valence-electron chi connectivity index (χ3n) is 3.28. The van der Waals surface area contributed by atoms with Crippen LogP contribution < -0.4 is 5.73 Å². The maximum absolute atomic E-state index is 9.92. The van der Waals surface area contributed by atoms with E-state index in [1.54, 1.807) is 0 Å². The van der Waals surface area contributed by atoms with Gasteiger partial charge < -0.3 is 21.1 Å². The van der Waals surface area contributed by atoms with Crippen molar-refractivity contribution in [3.05, 3.63) is 0 Å². The van der Waals surface area contributed by atoms with E-state index in [9.17, 15) is 15.3 Å². The fourth-order valence-electron chi connectivity index (χ4n) is 2.28. The highest BCUT2D eigenvalue weighted by Crippen LogP contribution is 2.22. The zero-order chi connectivity index (χ0) is 15.2. The van der Waals surface area contributed by atoms with Gasteiger partial charge in [0.15, 0.2) is 0 Å². The first-order chi connectivity index (χ1) is 8.51. The fourth-order valence-corrected chi connectivity index (χ4v) is 2.28. The lowest BCUT2D eigenvalue weighted by molar-refractivity contribution is 0.0204. The van der Waals surface area contributed by atoms with Gasteiger partial charge in [-0.15, -0.1) is 0 Å². The van der Waals surface area contributed by atoms with Crippen LogP contribution in [-0.2, 0) is 0 Å². The molecule has 116 valence electrons. The predicted octanol–water partition coefficient (Wildman–Crippen LogP) is 1.66. The largest absolute Gasteiger partial charge is 0.393 e. The van der Waals surface area contributed by atoms with Crippen molar-refractivity contribution in [1.29, 1.82) is 0 Å². The lowest BCUT2D eigenvalue weighted by Gasteiger charge is -2.26. The highest BCUT2D eigenvalue weighted by atomic mass is 16.3. The standard InChI is InChI=1S/C15H33NO3/c1-10(2)14(19)8-13(18)7-12(17)6-11(16)9-15(3,4)5/h10-14,17-19H,6-9,16H2,1-5H3. The summed E-state index contributed by atoms with van der Waals surface area (Å²) in [5, 5.41) is 29.4. The third-order valence-corrected chi connectivity index (χ3v) is 3.28. The Kier molecular flexibility index (Phi) is 8.13.